The van der Waals surface area contributed by atoms with Gasteiger partial charge >= 0.3 is 0 Å². The van der Waals surface area contributed by atoms with Crippen molar-refractivity contribution in [2.45, 2.75) is 38.3 Å². The number of hydrogen-bond acceptors (Lipinski definition) is 3. The zero-order chi connectivity index (χ0) is 13.8. The van der Waals surface area contributed by atoms with Crippen LogP contribution in [0.3, 0.4) is 0 Å². The van der Waals surface area contributed by atoms with Gasteiger partial charge in [-0.3, -0.25) is 4.68 Å². The molecule has 1 aliphatic rings. The summed E-state index contributed by atoms with van der Waals surface area (Å²) in [7, 11) is 0. The third-order valence-corrected chi connectivity index (χ3v) is 3.84. The largest absolute Gasteiger partial charge is 0.398 e. The highest BCUT2D eigenvalue weighted by Crippen LogP contribution is 2.25. The first-order valence-corrected chi connectivity index (χ1v) is 7.32. The molecule has 4 nitrogen and oxygen atoms in total. The summed E-state index contributed by atoms with van der Waals surface area (Å²) in [6.45, 7) is 1.87. The molecule has 1 fully saturated rings. The maximum absolute atomic E-state index is 5.99. The third-order valence-electron chi connectivity index (χ3n) is 3.84. The summed E-state index contributed by atoms with van der Waals surface area (Å²) in [4.78, 5) is 0. The fourth-order valence-corrected chi connectivity index (χ4v) is 2.74. The zero-order valence-electron chi connectivity index (χ0n) is 11.7. The molecule has 1 saturated heterocycles. The van der Waals surface area contributed by atoms with Crippen LogP contribution < -0.4 is 5.73 Å². The minimum atomic E-state index is 0.467. The van der Waals surface area contributed by atoms with Crippen LogP contribution in [0.2, 0.25) is 0 Å². The molecule has 0 bridgehead atoms. The van der Waals surface area contributed by atoms with Gasteiger partial charge in [-0.1, -0.05) is 18.2 Å². The molecule has 0 radical (unpaired) electrons. The molecule has 1 aromatic carbocycles. The molecule has 1 aromatic heterocycles. The molecule has 106 valence electrons. The van der Waals surface area contributed by atoms with Gasteiger partial charge in [-0.15, -0.1) is 0 Å². The molecule has 2 aromatic rings. The number of nitrogens with zero attached hydrogens (tertiary/aromatic N) is 2. The van der Waals surface area contributed by atoms with Gasteiger partial charge < -0.3 is 10.5 Å². The first-order chi connectivity index (χ1) is 9.83. The molecular weight excluding hydrogens is 250 g/mol. The standard InChI is InChI=1S/C16H21N3O/c17-16-8-2-1-7-15(16)13-11-18-19(12-13)9-3-5-14-6-4-10-20-14/h1-2,7-8,11-12,14H,3-6,9-10,17H2. The maximum Gasteiger partial charge on any atom is 0.0576 e. The van der Waals surface area contributed by atoms with Crippen molar-refractivity contribution in [2.24, 2.45) is 0 Å². The Balaban J connectivity index is 1.58. The van der Waals surface area contributed by atoms with Crippen molar-refractivity contribution < 1.29 is 4.74 Å². The Morgan fingerprint density at radius 2 is 2.25 bits per heavy atom. The molecule has 0 aliphatic carbocycles. The number of para-hydroxylation sites is 1. The predicted molar refractivity (Wildman–Crippen MR) is 80.3 cm³/mol. The van der Waals surface area contributed by atoms with E-state index in [-0.39, 0.29) is 0 Å². The van der Waals surface area contributed by atoms with E-state index >= 15 is 0 Å². The fourth-order valence-electron chi connectivity index (χ4n) is 2.74. The summed E-state index contributed by atoms with van der Waals surface area (Å²) in [6.07, 6.45) is 9.08. The van der Waals surface area contributed by atoms with Gasteiger partial charge in [0.05, 0.1) is 12.3 Å². The van der Waals surface area contributed by atoms with E-state index < -0.39 is 0 Å². The van der Waals surface area contributed by atoms with Gasteiger partial charge in [-0.25, -0.2) is 0 Å². The third kappa shape index (κ3) is 3.02. The highest BCUT2D eigenvalue weighted by Gasteiger charge is 2.14. The van der Waals surface area contributed by atoms with Gasteiger partial charge in [-0.2, -0.15) is 5.10 Å². The first-order valence-electron chi connectivity index (χ1n) is 7.32. The van der Waals surface area contributed by atoms with Gasteiger partial charge in [0.25, 0.3) is 0 Å². The number of benzene rings is 1. The van der Waals surface area contributed by atoms with Crippen molar-refractivity contribution >= 4 is 5.69 Å². The molecule has 20 heavy (non-hydrogen) atoms. The summed E-state index contributed by atoms with van der Waals surface area (Å²) in [5.41, 5.74) is 8.93. The molecular formula is C16H21N3O. The van der Waals surface area contributed by atoms with Crippen molar-refractivity contribution in [3.63, 3.8) is 0 Å². The molecule has 0 saturated carbocycles. The van der Waals surface area contributed by atoms with Crippen molar-refractivity contribution in [1.29, 1.82) is 0 Å². The molecule has 1 aliphatic heterocycles. The number of aromatic nitrogens is 2. The summed E-state index contributed by atoms with van der Waals surface area (Å²) >= 11 is 0. The quantitative estimate of drug-likeness (QED) is 0.850. The smallest absolute Gasteiger partial charge is 0.0576 e. The van der Waals surface area contributed by atoms with Crippen LogP contribution >= 0.6 is 0 Å². The average Bonchev–Trinajstić information content (AvgIpc) is 3.11. The first kappa shape index (κ1) is 13.2. The number of rotatable bonds is 5. The second-order valence-electron chi connectivity index (χ2n) is 5.36. The minimum absolute atomic E-state index is 0.467. The van der Waals surface area contributed by atoms with E-state index in [2.05, 4.69) is 11.3 Å². The predicted octanol–water partition coefficient (Wildman–Crippen LogP) is 3.09. The van der Waals surface area contributed by atoms with E-state index in [9.17, 15) is 0 Å². The number of anilines is 1. The van der Waals surface area contributed by atoms with Gasteiger partial charge in [0, 0.05) is 36.2 Å². The lowest BCUT2D eigenvalue weighted by molar-refractivity contribution is 0.101. The van der Waals surface area contributed by atoms with Crippen LogP contribution in [0.1, 0.15) is 25.7 Å². The monoisotopic (exact) mass is 271 g/mol. The van der Waals surface area contributed by atoms with E-state index in [4.69, 9.17) is 10.5 Å². The Morgan fingerprint density at radius 1 is 1.35 bits per heavy atom. The second-order valence-corrected chi connectivity index (χ2v) is 5.36. The number of nitrogen functional groups attached to an aromatic ring is 1. The van der Waals surface area contributed by atoms with E-state index in [0.29, 0.717) is 6.10 Å². The molecule has 0 amide bonds. The summed E-state index contributed by atoms with van der Waals surface area (Å²) in [5.74, 6) is 0. The lowest BCUT2D eigenvalue weighted by Gasteiger charge is -2.08. The maximum atomic E-state index is 5.99. The normalized spacial score (nSPS) is 18.5. The van der Waals surface area contributed by atoms with Crippen LogP contribution in [0.5, 0.6) is 0 Å². The van der Waals surface area contributed by atoms with E-state index in [1.165, 1.54) is 12.8 Å². The Morgan fingerprint density at radius 3 is 3.05 bits per heavy atom. The van der Waals surface area contributed by atoms with Crippen LogP contribution in [0.4, 0.5) is 5.69 Å². The molecule has 2 heterocycles. The van der Waals surface area contributed by atoms with E-state index in [0.717, 1.165) is 42.8 Å². The van der Waals surface area contributed by atoms with Crippen molar-refractivity contribution in [3.8, 4) is 11.1 Å². The zero-order valence-corrected chi connectivity index (χ0v) is 11.7. The molecule has 4 heteroatoms. The van der Waals surface area contributed by atoms with Gasteiger partial charge in [0.2, 0.25) is 0 Å². The Hall–Kier alpha value is -1.81. The SMILES string of the molecule is Nc1ccccc1-c1cnn(CCCC2CCCO2)c1. The average molecular weight is 271 g/mol. The van der Waals surface area contributed by atoms with Crippen molar-refractivity contribution in [2.75, 3.05) is 12.3 Å². The number of ether oxygens (including phenoxy) is 1. The number of hydrogen-bond donors (Lipinski definition) is 1. The van der Waals surface area contributed by atoms with Crippen LogP contribution in [0, 0.1) is 0 Å². The highest BCUT2D eigenvalue weighted by molar-refractivity contribution is 5.75. The topological polar surface area (TPSA) is 53.1 Å². The van der Waals surface area contributed by atoms with E-state index in [1.54, 1.807) is 0 Å². The highest BCUT2D eigenvalue weighted by atomic mass is 16.5. The number of aryl methyl sites for hydroxylation is 1. The van der Waals surface area contributed by atoms with Crippen LogP contribution in [0.15, 0.2) is 36.7 Å². The molecule has 1 atom stereocenters. The van der Waals surface area contributed by atoms with Gasteiger partial charge in [-0.05, 0) is 31.7 Å². The summed E-state index contributed by atoms with van der Waals surface area (Å²) in [6, 6.07) is 7.90. The summed E-state index contributed by atoms with van der Waals surface area (Å²) < 4.78 is 7.63. The molecule has 2 N–H and O–H groups in total. The molecule has 1 unspecified atom stereocenters. The van der Waals surface area contributed by atoms with Crippen LogP contribution in [-0.4, -0.2) is 22.5 Å². The van der Waals surface area contributed by atoms with E-state index in [1.807, 2.05) is 35.1 Å². The van der Waals surface area contributed by atoms with Crippen LogP contribution in [-0.2, 0) is 11.3 Å². The second kappa shape index (κ2) is 6.09. The van der Waals surface area contributed by atoms with Crippen LogP contribution in [0.25, 0.3) is 11.1 Å². The molecule has 3 rings (SSSR count). The fraction of sp³-hybridized carbons (Fsp3) is 0.438. The lowest BCUT2D eigenvalue weighted by Crippen LogP contribution is -2.07. The number of nitrogens with two attached hydrogens (primary N) is 1. The van der Waals surface area contributed by atoms with Crippen molar-refractivity contribution in [1.82, 2.24) is 9.78 Å². The summed E-state index contributed by atoms with van der Waals surface area (Å²) in [5, 5.41) is 4.42. The Labute approximate surface area is 119 Å². The van der Waals surface area contributed by atoms with Crippen molar-refractivity contribution in [3.05, 3.63) is 36.7 Å². The Bertz CT molecular complexity index is 558. The molecule has 0 spiro atoms. The lowest BCUT2D eigenvalue weighted by atomic mass is 10.1. The van der Waals surface area contributed by atoms with Gasteiger partial charge in [0.1, 0.15) is 0 Å². The minimum Gasteiger partial charge on any atom is -0.398 e. The van der Waals surface area contributed by atoms with Gasteiger partial charge in [0.15, 0.2) is 0 Å². The Kier molecular flexibility index (Phi) is 4.02.